The molecular weight excluding hydrogens is 459 g/mol. The fourth-order valence-electron chi connectivity index (χ4n) is 3.21. The zero-order chi connectivity index (χ0) is 23.8. The van der Waals surface area contributed by atoms with Gasteiger partial charge in [-0.25, -0.2) is 9.97 Å². The largest absolute Gasteiger partial charge is 0.493 e. The summed E-state index contributed by atoms with van der Waals surface area (Å²) in [5.41, 5.74) is 0.307. The predicted molar refractivity (Wildman–Crippen MR) is 117 cm³/mol. The molecule has 8 nitrogen and oxygen atoms in total. The number of ether oxygens (including phenoxy) is 2. The summed E-state index contributed by atoms with van der Waals surface area (Å²) in [7, 11) is 3.04. The second-order valence-corrected chi connectivity index (χ2v) is 7.87. The maximum Gasteiger partial charge on any atom is 0.416 e. The molecule has 2 aromatic carbocycles. The van der Waals surface area contributed by atoms with Crippen molar-refractivity contribution < 1.29 is 27.4 Å². The number of nitrogens with one attached hydrogen (secondary N) is 1. The van der Waals surface area contributed by atoms with Crippen LogP contribution in [0.3, 0.4) is 0 Å². The maximum absolute atomic E-state index is 12.9. The highest BCUT2D eigenvalue weighted by Gasteiger charge is 2.30. The van der Waals surface area contributed by atoms with Gasteiger partial charge in [0.25, 0.3) is 0 Å². The number of hydrogen-bond donors (Lipinski definition) is 1. The van der Waals surface area contributed by atoms with E-state index in [2.05, 4.69) is 20.4 Å². The summed E-state index contributed by atoms with van der Waals surface area (Å²) >= 11 is 1.08. The third-order valence-electron chi connectivity index (χ3n) is 4.66. The van der Waals surface area contributed by atoms with Gasteiger partial charge in [-0.1, -0.05) is 17.8 Å². The minimum Gasteiger partial charge on any atom is -0.493 e. The van der Waals surface area contributed by atoms with E-state index in [4.69, 9.17) is 9.47 Å². The van der Waals surface area contributed by atoms with Crippen molar-refractivity contribution in [3.05, 3.63) is 47.8 Å². The Balaban J connectivity index is 1.61. The summed E-state index contributed by atoms with van der Waals surface area (Å²) in [6.07, 6.45) is -4.50. The van der Waals surface area contributed by atoms with Crippen LogP contribution in [0.15, 0.2) is 41.6 Å². The van der Waals surface area contributed by atoms with Gasteiger partial charge in [0.2, 0.25) is 5.91 Å². The quantitative estimate of drug-likeness (QED) is 0.326. The van der Waals surface area contributed by atoms with E-state index < -0.39 is 17.6 Å². The van der Waals surface area contributed by atoms with Gasteiger partial charge in [0.1, 0.15) is 5.82 Å². The normalized spacial score (nSPS) is 11.7. The van der Waals surface area contributed by atoms with Gasteiger partial charge in [-0.3, -0.25) is 4.79 Å². The number of thioether (sulfide) groups is 1. The molecule has 0 saturated heterocycles. The highest BCUT2D eigenvalue weighted by atomic mass is 32.2. The average Bonchev–Trinajstić information content (AvgIpc) is 3.18. The minimum atomic E-state index is -4.50. The summed E-state index contributed by atoms with van der Waals surface area (Å²) in [4.78, 5) is 21.5. The van der Waals surface area contributed by atoms with Crippen LogP contribution in [0.4, 0.5) is 18.9 Å². The van der Waals surface area contributed by atoms with E-state index in [9.17, 15) is 18.0 Å². The number of hydrogen-bond acceptors (Lipinski definition) is 7. The van der Waals surface area contributed by atoms with Gasteiger partial charge in [0.05, 0.1) is 31.1 Å². The van der Waals surface area contributed by atoms with Crippen molar-refractivity contribution in [2.45, 2.75) is 18.3 Å². The summed E-state index contributed by atoms with van der Waals surface area (Å²) in [5, 5.41) is 7.91. The number of benzene rings is 2. The molecule has 0 spiro atoms. The molecule has 1 N–H and O–H groups in total. The van der Waals surface area contributed by atoms with Crippen molar-refractivity contribution in [1.29, 1.82) is 0 Å². The van der Waals surface area contributed by atoms with Crippen molar-refractivity contribution in [2.24, 2.45) is 0 Å². The molecule has 0 saturated carbocycles. The lowest BCUT2D eigenvalue weighted by Crippen LogP contribution is -2.15. The lowest BCUT2D eigenvalue weighted by Gasteiger charge is -2.11. The van der Waals surface area contributed by atoms with Crippen LogP contribution in [-0.2, 0) is 11.0 Å². The Labute approximate surface area is 190 Å². The molecule has 0 radical (unpaired) electrons. The van der Waals surface area contributed by atoms with Gasteiger partial charge in [-0.2, -0.15) is 17.7 Å². The summed E-state index contributed by atoms with van der Waals surface area (Å²) in [6, 6.07) is 7.90. The first kappa shape index (κ1) is 22.6. The zero-order valence-electron chi connectivity index (χ0n) is 17.7. The summed E-state index contributed by atoms with van der Waals surface area (Å²) in [5.74, 6) is 0.912. The second kappa shape index (κ2) is 8.77. The SMILES string of the molecule is COc1cc2nc(SCC(=O)Nc3cccc(C(F)(F)F)c3)n3nc(C)nc3c2cc1OC. The fraction of sp³-hybridized carbons (Fsp3) is 0.238. The Kier molecular flexibility index (Phi) is 6.02. The lowest BCUT2D eigenvalue weighted by molar-refractivity contribution is -0.137. The molecule has 0 aliphatic rings. The van der Waals surface area contributed by atoms with Crippen LogP contribution >= 0.6 is 11.8 Å². The molecule has 12 heteroatoms. The van der Waals surface area contributed by atoms with E-state index in [1.165, 1.54) is 30.9 Å². The molecular formula is C21H18F3N5O3S. The molecule has 2 aromatic heterocycles. The van der Waals surface area contributed by atoms with Crippen LogP contribution in [0.1, 0.15) is 11.4 Å². The minimum absolute atomic E-state index is 0.0560. The van der Waals surface area contributed by atoms with Crippen LogP contribution in [0.5, 0.6) is 11.5 Å². The molecule has 0 fully saturated rings. The molecule has 172 valence electrons. The Morgan fingerprint density at radius 1 is 1.12 bits per heavy atom. The summed E-state index contributed by atoms with van der Waals surface area (Å²) < 4.78 is 50.9. The molecule has 1 amide bonds. The molecule has 2 heterocycles. The van der Waals surface area contributed by atoms with Crippen molar-refractivity contribution in [2.75, 3.05) is 25.3 Å². The number of alkyl halides is 3. The number of halogens is 3. The number of carbonyl (C=O) groups excluding carboxylic acids is 1. The molecule has 4 rings (SSSR count). The fourth-order valence-corrected chi connectivity index (χ4v) is 3.95. The molecule has 0 aliphatic heterocycles. The van der Waals surface area contributed by atoms with Gasteiger partial charge in [-0.05, 0) is 31.2 Å². The highest BCUT2D eigenvalue weighted by molar-refractivity contribution is 7.99. The van der Waals surface area contributed by atoms with Crippen LogP contribution in [0, 0.1) is 6.92 Å². The van der Waals surface area contributed by atoms with Gasteiger partial charge < -0.3 is 14.8 Å². The van der Waals surface area contributed by atoms with E-state index in [0.717, 1.165) is 23.9 Å². The third kappa shape index (κ3) is 4.65. The second-order valence-electron chi connectivity index (χ2n) is 6.93. The predicted octanol–water partition coefficient (Wildman–Crippen LogP) is 4.35. The lowest BCUT2D eigenvalue weighted by atomic mass is 10.2. The molecule has 4 aromatic rings. The van der Waals surface area contributed by atoms with Gasteiger partial charge in [-0.15, -0.1) is 5.10 Å². The average molecular weight is 477 g/mol. The van der Waals surface area contributed by atoms with Crippen molar-refractivity contribution in [3.8, 4) is 11.5 Å². The first-order valence-electron chi connectivity index (χ1n) is 9.58. The van der Waals surface area contributed by atoms with Gasteiger partial charge in [0, 0.05) is 17.1 Å². The molecule has 0 atom stereocenters. The number of aromatic nitrogens is 4. The number of aryl methyl sites for hydroxylation is 1. The van der Waals surface area contributed by atoms with E-state index >= 15 is 0 Å². The Morgan fingerprint density at radius 2 is 1.85 bits per heavy atom. The number of nitrogens with zero attached hydrogens (tertiary/aromatic N) is 4. The smallest absolute Gasteiger partial charge is 0.416 e. The molecule has 0 bridgehead atoms. The van der Waals surface area contributed by atoms with E-state index in [1.54, 1.807) is 19.1 Å². The number of methoxy groups -OCH3 is 2. The molecule has 33 heavy (non-hydrogen) atoms. The van der Waals surface area contributed by atoms with Crippen molar-refractivity contribution >= 4 is 39.9 Å². The Hall–Kier alpha value is -3.54. The van der Waals surface area contributed by atoms with E-state index in [1.807, 2.05) is 0 Å². The molecule has 0 aliphatic carbocycles. The van der Waals surface area contributed by atoms with E-state index in [-0.39, 0.29) is 11.4 Å². The maximum atomic E-state index is 12.9. The van der Waals surface area contributed by atoms with Crippen LogP contribution < -0.4 is 14.8 Å². The zero-order valence-corrected chi connectivity index (χ0v) is 18.5. The van der Waals surface area contributed by atoms with E-state index in [0.29, 0.717) is 39.0 Å². The Bertz CT molecular complexity index is 1360. The molecule has 0 unspecified atom stereocenters. The van der Waals surface area contributed by atoms with Crippen molar-refractivity contribution in [1.82, 2.24) is 19.6 Å². The van der Waals surface area contributed by atoms with Crippen molar-refractivity contribution in [3.63, 3.8) is 0 Å². The van der Waals surface area contributed by atoms with Crippen LogP contribution in [0.2, 0.25) is 0 Å². The number of fused-ring (bicyclic) bond motifs is 3. The van der Waals surface area contributed by atoms with Gasteiger partial charge in [0.15, 0.2) is 22.3 Å². The standard InChI is InChI=1S/C21H18F3N5O3S/c1-11-25-19-14-8-16(31-2)17(32-3)9-15(14)27-20(29(19)28-11)33-10-18(30)26-13-6-4-5-12(7-13)21(22,23)24/h4-9H,10H2,1-3H3,(H,26,30). The number of rotatable bonds is 6. The van der Waals surface area contributed by atoms with Crippen LogP contribution in [-0.4, -0.2) is 45.5 Å². The first-order valence-corrected chi connectivity index (χ1v) is 10.6. The van der Waals surface area contributed by atoms with Gasteiger partial charge >= 0.3 is 6.18 Å². The highest BCUT2D eigenvalue weighted by Crippen LogP contribution is 2.34. The topological polar surface area (TPSA) is 90.6 Å². The number of carbonyl (C=O) groups is 1. The first-order chi connectivity index (χ1) is 15.7. The Morgan fingerprint density at radius 3 is 2.55 bits per heavy atom. The number of anilines is 1. The monoisotopic (exact) mass is 477 g/mol. The third-order valence-corrected chi connectivity index (χ3v) is 5.59. The number of amides is 1. The summed E-state index contributed by atoms with van der Waals surface area (Å²) in [6.45, 7) is 1.73. The van der Waals surface area contributed by atoms with Crippen LogP contribution in [0.25, 0.3) is 16.6 Å².